The SMILES string of the molecule is CCCN1C(=O)C(C)(C)COc2cc(NC(=O)[C@@H]3CCCO3)ccc21. The van der Waals surface area contributed by atoms with E-state index in [1.165, 1.54) is 0 Å². The third-order valence-corrected chi connectivity index (χ3v) is 4.60. The summed E-state index contributed by atoms with van der Waals surface area (Å²) in [6.07, 6.45) is 2.14. The molecular weight excluding hydrogens is 320 g/mol. The first-order chi connectivity index (χ1) is 11.9. The van der Waals surface area contributed by atoms with Gasteiger partial charge in [-0.2, -0.15) is 0 Å². The number of benzene rings is 1. The van der Waals surface area contributed by atoms with Crippen molar-refractivity contribution in [1.82, 2.24) is 0 Å². The van der Waals surface area contributed by atoms with Crippen molar-refractivity contribution in [3.63, 3.8) is 0 Å². The van der Waals surface area contributed by atoms with E-state index < -0.39 is 5.41 Å². The second kappa shape index (κ2) is 7.04. The van der Waals surface area contributed by atoms with E-state index >= 15 is 0 Å². The van der Waals surface area contributed by atoms with Crippen molar-refractivity contribution < 1.29 is 19.1 Å². The van der Waals surface area contributed by atoms with Gasteiger partial charge in [0.15, 0.2) is 0 Å². The molecule has 1 atom stereocenters. The Labute approximate surface area is 148 Å². The molecule has 1 N–H and O–H groups in total. The van der Waals surface area contributed by atoms with Crippen LogP contribution in [-0.4, -0.2) is 37.7 Å². The predicted molar refractivity (Wildman–Crippen MR) is 96.0 cm³/mol. The van der Waals surface area contributed by atoms with Crippen molar-refractivity contribution in [3.8, 4) is 5.75 Å². The molecule has 2 aliphatic heterocycles. The number of carbonyl (C=O) groups is 2. The second-order valence-corrected chi connectivity index (χ2v) is 7.30. The molecule has 0 spiro atoms. The van der Waals surface area contributed by atoms with E-state index in [0.717, 1.165) is 24.9 Å². The average molecular weight is 346 g/mol. The summed E-state index contributed by atoms with van der Waals surface area (Å²) in [7, 11) is 0. The number of anilines is 2. The number of fused-ring (bicyclic) bond motifs is 1. The van der Waals surface area contributed by atoms with Crippen LogP contribution in [0.3, 0.4) is 0 Å². The van der Waals surface area contributed by atoms with E-state index in [4.69, 9.17) is 9.47 Å². The first-order valence-electron chi connectivity index (χ1n) is 8.93. The Morgan fingerprint density at radius 2 is 2.20 bits per heavy atom. The Kier molecular flexibility index (Phi) is 4.99. The summed E-state index contributed by atoms with van der Waals surface area (Å²) in [5, 5.41) is 2.89. The molecule has 1 saturated heterocycles. The third kappa shape index (κ3) is 3.63. The van der Waals surface area contributed by atoms with Crippen LogP contribution >= 0.6 is 0 Å². The number of nitrogens with one attached hydrogen (secondary N) is 1. The zero-order chi connectivity index (χ0) is 18.0. The Bertz CT molecular complexity index is 665. The molecule has 2 heterocycles. The minimum absolute atomic E-state index is 0.0595. The summed E-state index contributed by atoms with van der Waals surface area (Å²) in [6.45, 7) is 7.41. The van der Waals surface area contributed by atoms with Gasteiger partial charge in [0.05, 0.1) is 11.1 Å². The van der Waals surface area contributed by atoms with Crippen molar-refractivity contribution in [2.45, 2.75) is 46.1 Å². The molecule has 1 aromatic rings. The molecule has 0 bridgehead atoms. The largest absolute Gasteiger partial charge is 0.490 e. The Morgan fingerprint density at radius 3 is 2.88 bits per heavy atom. The van der Waals surface area contributed by atoms with Gasteiger partial charge in [0.25, 0.3) is 5.91 Å². The van der Waals surface area contributed by atoms with Gasteiger partial charge in [-0.3, -0.25) is 9.59 Å². The highest BCUT2D eigenvalue weighted by atomic mass is 16.5. The van der Waals surface area contributed by atoms with Crippen LogP contribution < -0.4 is 15.0 Å². The maximum absolute atomic E-state index is 12.8. The minimum Gasteiger partial charge on any atom is -0.490 e. The highest BCUT2D eigenvalue weighted by Crippen LogP contribution is 2.38. The zero-order valence-electron chi connectivity index (χ0n) is 15.1. The van der Waals surface area contributed by atoms with Crippen LogP contribution in [0.25, 0.3) is 0 Å². The van der Waals surface area contributed by atoms with Crippen molar-refractivity contribution in [3.05, 3.63) is 18.2 Å². The van der Waals surface area contributed by atoms with Gasteiger partial charge in [-0.25, -0.2) is 0 Å². The lowest BCUT2D eigenvalue weighted by atomic mass is 9.93. The highest BCUT2D eigenvalue weighted by molar-refractivity contribution is 6.00. The summed E-state index contributed by atoms with van der Waals surface area (Å²) in [6, 6.07) is 5.44. The second-order valence-electron chi connectivity index (χ2n) is 7.30. The van der Waals surface area contributed by atoms with Crippen LogP contribution in [0.1, 0.15) is 40.0 Å². The number of nitrogens with zero attached hydrogens (tertiary/aromatic N) is 1. The van der Waals surface area contributed by atoms with Gasteiger partial charge in [-0.05, 0) is 45.2 Å². The maximum atomic E-state index is 12.8. The Balaban J connectivity index is 1.85. The summed E-state index contributed by atoms with van der Waals surface area (Å²) >= 11 is 0. The predicted octanol–water partition coefficient (Wildman–Crippen LogP) is 2.97. The Morgan fingerprint density at radius 1 is 1.40 bits per heavy atom. The van der Waals surface area contributed by atoms with Crippen LogP contribution in [0.15, 0.2) is 18.2 Å². The first kappa shape index (κ1) is 17.7. The summed E-state index contributed by atoms with van der Waals surface area (Å²) < 4.78 is 11.3. The van der Waals surface area contributed by atoms with E-state index in [9.17, 15) is 9.59 Å². The molecule has 2 aliphatic rings. The van der Waals surface area contributed by atoms with Crippen molar-refractivity contribution >= 4 is 23.2 Å². The lowest BCUT2D eigenvalue weighted by Gasteiger charge is -2.27. The molecule has 25 heavy (non-hydrogen) atoms. The van der Waals surface area contributed by atoms with Gasteiger partial charge in [-0.1, -0.05) is 6.92 Å². The van der Waals surface area contributed by atoms with Gasteiger partial charge in [-0.15, -0.1) is 0 Å². The molecular formula is C19H26N2O4. The topological polar surface area (TPSA) is 67.9 Å². The van der Waals surface area contributed by atoms with Crippen LogP contribution in [0, 0.1) is 5.41 Å². The molecule has 1 aromatic carbocycles. The monoisotopic (exact) mass is 346 g/mol. The number of rotatable bonds is 4. The first-order valence-corrected chi connectivity index (χ1v) is 8.93. The van der Waals surface area contributed by atoms with Crippen molar-refractivity contribution in [2.24, 2.45) is 5.41 Å². The molecule has 0 saturated carbocycles. The normalized spacial score (nSPS) is 22.1. The fourth-order valence-electron chi connectivity index (χ4n) is 3.18. The van der Waals surface area contributed by atoms with Crippen molar-refractivity contribution in [1.29, 1.82) is 0 Å². The molecule has 3 rings (SSSR count). The van der Waals surface area contributed by atoms with E-state index in [2.05, 4.69) is 5.32 Å². The molecule has 136 valence electrons. The van der Waals surface area contributed by atoms with E-state index in [1.54, 1.807) is 11.0 Å². The quantitative estimate of drug-likeness (QED) is 0.910. The average Bonchev–Trinajstić information content (AvgIpc) is 3.10. The Hall–Kier alpha value is -2.08. The third-order valence-electron chi connectivity index (χ3n) is 4.60. The van der Waals surface area contributed by atoms with Gasteiger partial charge in [0.2, 0.25) is 5.91 Å². The number of amides is 2. The molecule has 0 unspecified atom stereocenters. The smallest absolute Gasteiger partial charge is 0.253 e. The van der Waals surface area contributed by atoms with Crippen LogP contribution in [0.4, 0.5) is 11.4 Å². The molecule has 0 aliphatic carbocycles. The van der Waals surface area contributed by atoms with Gasteiger partial charge in [0.1, 0.15) is 18.5 Å². The fourth-order valence-corrected chi connectivity index (χ4v) is 3.18. The van der Waals surface area contributed by atoms with Gasteiger partial charge >= 0.3 is 0 Å². The lowest BCUT2D eigenvalue weighted by molar-refractivity contribution is -0.127. The molecule has 6 heteroatoms. The van der Waals surface area contributed by atoms with E-state index in [0.29, 0.717) is 31.2 Å². The van der Waals surface area contributed by atoms with Crippen LogP contribution in [0.5, 0.6) is 5.75 Å². The standard InChI is InChI=1S/C19H26N2O4/c1-4-9-21-14-8-7-13(20-17(22)15-6-5-10-24-15)11-16(14)25-12-19(2,3)18(21)23/h7-8,11,15H,4-6,9-10,12H2,1-3H3,(H,20,22)/t15-/m0/s1. The number of carbonyl (C=O) groups excluding carboxylic acids is 2. The highest BCUT2D eigenvalue weighted by Gasteiger charge is 2.37. The lowest BCUT2D eigenvalue weighted by Crippen LogP contribution is -2.42. The fraction of sp³-hybridized carbons (Fsp3) is 0.579. The molecule has 0 aromatic heterocycles. The van der Waals surface area contributed by atoms with E-state index in [-0.39, 0.29) is 17.9 Å². The molecule has 6 nitrogen and oxygen atoms in total. The maximum Gasteiger partial charge on any atom is 0.253 e. The van der Waals surface area contributed by atoms with Crippen LogP contribution in [-0.2, 0) is 14.3 Å². The van der Waals surface area contributed by atoms with Gasteiger partial charge < -0.3 is 19.7 Å². The van der Waals surface area contributed by atoms with Crippen LogP contribution in [0.2, 0.25) is 0 Å². The summed E-state index contributed by atoms with van der Waals surface area (Å²) in [5.41, 5.74) is 0.824. The molecule has 2 amide bonds. The summed E-state index contributed by atoms with van der Waals surface area (Å²) in [5.74, 6) is 0.551. The molecule has 0 radical (unpaired) electrons. The summed E-state index contributed by atoms with van der Waals surface area (Å²) in [4.78, 5) is 26.8. The minimum atomic E-state index is -0.588. The number of hydrogen-bond acceptors (Lipinski definition) is 4. The van der Waals surface area contributed by atoms with E-state index in [1.807, 2.05) is 32.9 Å². The van der Waals surface area contributed by atoms with Gasteiger partial charge in [0, 0.05) is 24.9 Å². The molecule has 1 fully saturated rings. The number of ether oxygens (including phenoxy) is 2. The number of hydrogen-bond donors (Lipinski definition) is 1. The van der Waals surface area contributed by atoms with Crippen molar-refractivity contribution in [2.75, 3.05) is 30.0 Å². The zero-order valence-corrected chi connectivity index (χ0v) is 15.1.